The van der Waals surface area contributed by atoms with Crippen molar-refractivity contribution in [1.29, 1.82) is 0 Å². The van der Waals surface area contributed by atoms with Gasteiger partial charge in [0, 0.05) is 6.26 Å². The second-order valence-corrected chi connectivity index (χ2v) is 6.12. The number of carboxylic acid groups (broad SMARTS) is 1. The smallest absolute Gasteiger partial charge is 0.356 e. The number of rotatable bonds is 3. The summed E-state index contributed by atoms with van der Waals surface area (Å²) in [5, 5.41) is 12.7. The summed E-state index contributed by atoms with van der Waals surface area (Å²) in [6.07, 6.45) is 3.45. The Morgan fingerprint density at radius 2 is 2.11 bits per heavy atom. The van der Waals surface area contributed by atoms with Crippen LogP contribution in [0.25, 0.3) is 5.82 Å². The molecule has 0 atom stereocenters. The summed E-state index contributed by atoms with van der Waals surface area (Å²) in [4.78, 5) is 14.7. The summed E-state index contributed by atoms with van der Waals surface area (Å²) in [6, 6.07) is 2.79. The molecule has 0 fully saturated rings. The van der Waals surface area contributed by atoms with E-state index in [1.54, 1.807) is 0 Å². The van der Waals surface area contributed by atoms with E-state index in [1.807, 2.05) is 0 Å². The fourth-order valence-electron chi connectivity index (χ4n) is 1.33. The minimum Gasteiger partial charge on any atom is -0.476 e. The molecular weight excluding hydrogens is 294 g/mol. The molecule has 0 aliphatic carbocycles. The zero-order valence-electron chi connectivity index (χ0n) is 9.61. The first-order valence-electron chi connectivity index (χ1n) is 4.94. The molecule has 2 aromatic heterocycles. The number of hydrogen-bond acceptors (Lipinski definition) is 5. The van der Waals surface area contributed by atoms with Gasteiger partial charge in [-0.15, -0.1) is 0 Å². The van der Waals surface area contributed by atoms with Crippen LogP contribution in [0.5, 0.6) is 0 Å². The van der Waals surface area contributed by atoms with Crippen molar-refractivity contribution in [3.63, 3.8) is 0 Å². The summed E-state index contributed by atoms with van der Waals surface area (Å²) < 4.78 is 23.8. The van der Waals surface area contributed by atoms with Crippen LogP contribution >= 0.6 is 11.6 Å². The molecule has 0 spiro atoms. The van der Waals surface area contributed by atoms with E-state index in [1.165, 1.54) is 23.0 Å². The third-order valence-corrected chi connectivity index (χ3v) is 3.63. The molecule has 2 aromatic rings. The summed E-state index contributed by atoms with van der Waals surface area (Å²) in [5.74, 6) is -1.11. The lowest BCUT2D eigenvalue weighted by Gasteiger charge is -2.03. The molecule has 2 rings (SSSR count). The van der Waals surface area contributed by atoms with Gasteiger partial charge < -0.3 is 5.11 Å². The molecule has 0 radical (unpaired) electrons. The first kappa shape index (κ1) is 13.5. The van der Waals surface area contributed by atoms with Gasteiger partial charge in [0.15, 0.2) is 21.3 Å². The van der Waals surface area contributed by atoms with Crippen LogP contribution in [-0.2, 0) is 9.84 Å². The maximum absolute atomic E-state index is 11.3. The van der Waals surface area contributed by atoms with Crippen LogP contribution in [0, 0.1) is 0 Å². The number of halogens is 1. The molecule has 100 valence electrons. The maximum atomic E-state index is 11.3. The molecule has 0 saturated carbocycles. The monoisotopic (exact) mass is 301 g/mol. The third-order valence-electron chi connectivity index (χ3n) is 2.26. The first-order chi connectivity index (χ1) is 8.79. The quantitative estimate of drug-likeness (QED) is 0.908. The topological polar surface area (TPSA) is 102 Å². The number of sulfone groups is 1. The lowest BCUT2D eigenvalue weighted by molar-refractivity contribution is 0.0690. The van der Waals surface area contributed by atoms with Gasteiger partial charge in [-0.1, -0.05) is 11.6 Å². The molecule has 19 heavy (non-hydrogen) atoms. The fraction of sp³-hybridized carbons (Fsp3) is 0.100. The van der Waals surface area contributed by atoms with Crippen molar-refractivity contribution < 1.29 is 18.3 Å². The Morgan fingerprint density at radius 3 is 2.63 bits per heavy atom. The molecule has 0 bridgehead atoms. The summed E-state index contributed by atoms with van der Waals surface area (Å²) in [7, 11) is -3.38. The van der Waals surface area contributed by atoms with Crippen molar-refractivity contribution in [1.82, 2.24) is 14.8 Å². The van der Waals surface area contributed by atoms with Crippen molar-refractivity contribution in [3.8, 4) is 5.82 Å². The highest BCUT2D eigenvalue weighted by atomic mass is 35.5. The summed E-state index contributed by atoms with van der Waals surface area (Å²) in [5.41, 5.74) is -0.324. The summed E-state index contributed by atoms with van der Waals surface area (Å²) in [6.45, 7) is 0. The van der Waals surface area contributed by atoms with Gasteiger partial charge in [0.05, 0.1) is 17.4 Å². The average molecular weight is 302 g/mol. The molecule has 0 unspecified atom stereocenters. The van der Waals surface area contributed by atoms with Crippen LogP contribution in [0.15, 0.2) is 29.4 Å². The van der Waals surface area contributed by atoms with Gasteiger partial charge in [-0.2, -0.15) is 5.10 Å². The number of aromatic nitrogens is 3. The Labute approximate surface area is 113 Å². The van der Waals surface area contributed by atoms with Crippen LogP contribution in [0.4, 0.5) is 0 Å². The molecule has 9 heteroatoms. The zero-order valence-corrected chi connectivity index (χ0v) is 11.2. The van der Waals surface area contributed by atoms with E-state index in [4.69, 9.17) is 16.7 Å². The van der Waals surface area contributed by atoms with E-state index in [2.05, 4.69) is 10.1 Å². The molecule has 0 amide bonds. The number of hydrogen-bond donors (Lipinski definition) is 1. The van der Waals surface area contributed by atoms with Gasteiger partial charge in [-0.05, 0) is 12.1 Å². The van der Waals surface area contributed by atoms with E-state index in [0.717, 1.165) is 12.5 Å². The van der Waals surface area contributed by atoms with Crippen molar-refractivity contribution >= 4 is 27.4 Å². The maximum Gasteiger partial charge on any atom is 0.356 e. The van der Waals surface area contributed by atoms with Crippen molar-refractivity contribution in [2.75, 3.05) is 6.26 Å². The van der Waals surface area contributed by atoms with Crippen LogP contribution in [0.3, 0.4) is 0 Å². The standard InChI is InChI=1S/C10H8ClN3O4S/c1-19(17,18)6-4-12-14(5-6)8-3-2-7(11)9(13-8)10(15)16/h2-5H,1H3,(H,15,16). The largest absolute Gasteiger partial charge is 0.476 e. The molecule has 0 aliphatic heterocycles. The minimum absolute atomic E-state index is 0.00765. The Morgan fingerprint density at radius 1 is 1.42 bits per heavy atom. The molecule has 0 aromatic carbocycles. The molecule has 7 nitrogen and oxygen atoms in total. The molecular formula is C10H8ClN3O4S. The first-order valence-corrected chi connectivity index (χ1v) is 7.21. The number of carbonyl (C=O) groups is 1. The van der Waals surface area contributed by atoms with Gasteiger partial charge in [-0.25, -0.2) is 22.9 Å². The Hall–Kier alpha value is -1.93. The molecule has 2 heterocycles. The van der Waals surface area contributed by atoms with E-state index >= 15 is 0 Å². The van der Waals surface area contributed by atoms with Gasteiger partial charge in [0.1, 0.15) is 4.90 Å². The molecule has 0 aliphatic rings. The lowest BCUT2D eigenvalue weighted by atomic mass is 10.3. The number of aromatic carboxylic acids is 1. The highest BCUT2D eigenvalue weighted by Crippen LogP contribution is 2.17. The minimum atomic E-state index is -3.38. The van der Waals surface area contributed by atoms with Gasteiger partial charge in [0.25, 0.3) is 0 Å². The van der Waals surface area contributed by atoms with Crippen molar-refractivity contribution in [2.24, 2.45) is 0 Å². The Kier molecular flexibility index (Phi) is 3.29. The zero-order chi connectivity index (χ0) is 14.2. The highest BCUT2D eigenvalue weighted by molar-refractivity contribution is 7.90. The van der Waals surface area contributed by atoms with Gasteiger partial charge in [0.2, 0.25) is 0 Å². The van der Waals surface area contributed by atoms with Crippen LogP contribution in [0.1, 0.15) is 10.5 Å². The van der Waals surface area contributed by atoms with Crippen molar-refractivity contribution in [2.45, 2.75) is 4.90 Å². The SMILES string of the molecule is CS(=O)(=O)c1cnn(-c2ccc(Cl)c(C(=O)O)n2)c1. The van der Waals surface area contributed by atoms with E-state index < -0.39 is 15.8 Å². The predicted molar refractivity (Wildman–Crippen MR) is 66.4 cm³/mol. The Bertz CT molecular complexity index is 754. The van der Waals surface area contributed by atoms with E-state index in [9.17, 15) is 13.2 Å². The second kappa shape index (κ2) is 4.63. The number of nitrogens with zero attached hydrogens (tertiary/aromatic N) is 3. The van der Waals surface area contributed by atoms with Crippen LogP contribution in [0.2, 0.25) is 5.02 Å². The van der Waals surface area contributed by atoms with Gasteiger partial charge >= 0.3 is 5.97 Å². The van der Waals surface area contributed by atoms with E-state index in [0.29, 0.717) is 0 Å². The van der Waals surface area contributed by atoms with Crippen LogP contribution in [-0.4, -0.2) is 40.5 Å². The molecule has 0 saturated heterocycles. The average Bonchev–Trinajstić information content (AvgIpc) is 2.78. The van der Waals surface area contributed by atoms with E-state index in [-0.39, 0.29) is 21.4 Å². The van der Waals surface area contributed by atoms with Crippen molar-refractivity contribution in [3.05, 3.63) is 35.2 Å². The molecule has 1 N–H and O–H groups in total. The van der Waals surface area contributed by atoms with Gasteiger partial charge in [-0.3, -0.25) is 0 Å². The summed E-state index contributed by atoms with van der Waals surface area (Å²) >= 11 is 5.69. The number of pyridine rings is 1. The Balaban J connectivity index is 2.51. The number of carboxylic acids is 1. The third kappa shape index (κ3) is 2.74. The predicted octanol–water partition coefficient (Wildman–Crippen LogP) is 1.02. The fourth-order valence-corrected chi connectivity index (χ4v) is 2.05. The highest BCUT2D eigenvalue weighted by Gasteiger charge is 2.15. The lowest BCUT2D eigenvalue weighted by Crippen LogP contribution is -2.06. The second-order valence-electron chi connectivity index (χ2n) is 3.70. The normalized spacial score (nSPS) is 11.5. The van der Waals surface area contributed by atoms with Crippen LogP contribution < -0.4 is 0 Å².